The van der Waals surface area contributed by atoms with Gasteiger partial charge in [0.25, 0.3) is 0 Å². The second-order valence-electron chi connectivity index (χ2n) is 6.18. The summed E-state index contributed by atoms with van der Waals surface area (Å²) in [5.74, 6) is 0. The molecule has 0 aromatic rings. The summed E-state index contributed by atoms with van der Waals surface area (Å²) in [7, 11) is 0. The van der Waals surface area contributed by atoms with Crippen LogP contribution in [0.15, 0.2) is 0 Å². The molecule has 2 nitrogen and oxygen atoms in total. The molecule has 1 rings (SSSR count). The Morgan fingerprint density at radius 2 is 1.74 bits per heavy atom. The van der Waals surface area contributed by atoms with E-state index in [1.165, 1.54) is 64.2 Å². The van der Waals surface area contributed by atoms with E-state index in [1.807, 2.05) is 0 Å². The fraction of sp³-hybridized carbons (Fsp3) is 1.00. The van der Waals surface area contributed by atoms with E-state index in [1.54, 1.807) is 0 Å². The smallest absolute Gasteiger partial charge is 0.0732 e. The van der Waals surface area contributed by atoms with Crippen LogP contribution in [0.5, 0.6) is 0 Å². The molecule has 1 aliphatic rings. The van der Waals surface area contributed by atoms with Gasteiger partial charge in [-0.1, -0.05) is 52.4 Å². The predicted octanol–water partition coefficient (Wildman–Crippen LogP) is 4.67. The van der Waals surface area contributed by atoms with E-state index in [4.69, 9.17) is 4.74 Å². The van der Waals surface area contributed by atoms with Gasteiger partial charge < -0.3 is 10.1 Å². The van der Waals surface area contributed by atoms with Crippen LogP contribution >= 0.6 is 0 Å². The van der Waals surface area contributed by atoms with Gasteiger partial charge in [-0.05, 0) is 39.2 Å². The van der Waals surface area contributed by atoms with Crippen LogP contribution in [0.3, 0.4) is 0 Å². The number of hydrogen-bond acceptors (Lipinski definition) is 2. The van der Waals surface area contributed by atoms with Crippen molar-refractivity contribution in [3.63, 3.8) is 0 Å². The molecule has 3 unspecified atom stereocenters. The molecule has 1 N–H and O–H groups in total. The van der Waals surface area contributed by atoms with Crippen LogP contribution in [0.25, 0.3) is 0 Å². The van der Waals surface area contributed by atoms with Gasteiger partial charge >= 0.3 is 0 Å². The maximum atomic E-state index is 6.05. The highest BCUT2D eigenvalue weighted by atomic mass is 16.5. The molecule has 0 aliphatic carbocycles. The molecular formula is C17H35NO. The topological polar surface area (TPSA) is 21.3 Å². The lowest BCUT2D eigenvalue weighted by Gasteiger charge is -2.25. The molecule has 0 spiro atoms. The van der Waals surface area contributed by atoms with Gasteiger partial charge in [-0.15, -0.1) is 0 Å². The van der Waals surface area contributed by atoms with E-state index in [2.05, 4.69) is 26.1 Å². The monoisotopic (exact) mass is 269 g/mol. The van der Waals surface area contributed by atoms with Crippen LogP contribution in [0.1, 0.15) is 85.0 Å². The molecule has 0 amide bonds. The van der Waals surface area contributed by atoms with Gasteiger partial charge in [0.2, 0.25) is 0 Å². The maximum Gasteiger partial charge on any atom is 0.0732 e. The third-order valence-corrected chi connectivity index (χ3v) is 4.24. The van der Waals surface area contributed by atoms with Gasteiger partial charge in [0.15, 0.2) is 0 Å². The Bertz CT molecular complexity index is 207. The van der Waals surface area contributed by atoms with Gasteiger partial charge in [0.1, 0.15) is 0 Å². The first-order chi connectivity index (χ1) is 9.27. The highest BCUT2D eigenvalue weighted by Gasteiger charge is 2.28. The number of hydrogen-bond donors (Lipinski definition) is 1. The first kappa shape index (κ1) is 17.0. The Balaban J connectivity index is 2.17. The average molecular weight is 269 g/mol. The normalized spacial score (nSPS) is 24.8. The Morgan fingerprint density at radius 3 is 2.37 bits per heavy atom. The zero-order valence-corrected chi connectivity index (χ0v) is 13.4. The fourth-order valence-corrected chi connectivity index (χ4v) is 3.02. The van der Waals surface area contributed by atoms with E-state index >= 15 is 0 Å². The lowest BCUT2D eigenvalue weighted by atomic mass is 9.99. The Kier molecular flexibility index (Phi) is 9.54. The van der Waals surface area contributed by atoms with Crippen molar-refractivity contribution in [2.75, 3.05) is 6.54 Å². The summed E-state index contributed by atoms with van der Waals surface area (Å²) in [6, 6.07) is 0.594. The fourth-order valence-electron chi connectivity index (χ4n) is 3.02. The van der Waals surface area contributed by atoms with Crippen molar-refractivity contribution in [2.24, 2.45) is 0 Å². The summed E-state index contributed by atoms with van der Waals surface area (Å²) in [4.78, 5) is 0. The van der Waals surface area contributed by atoms with Gasteiger partial charge in [0.05, 0.1) is 12.2 Å². The molecule has 0 aromatic carbocycles. The van der Waals surface area contributed by atoms with Crippen LogP contribution < -0.4 is 5.32 Å². The zero-order valence-electron chi connectivity index (χ0n) is 13.4. The summed E-state index contributed by atoms with van der Waals surface area (Å²) >= 11 is 0. The Labute approximate surface area is 120 Å². The first-order valence-corrected chi connectivity index (χ1v) is 8.66. The lowest BCUT2D eigenvalue weighted by molar-refractivity contribution is 0.0295. The van der Waals surface area contributed by atoms with Crippen LogP contribution in [0.2, 0.25) is 0 Å². The van der Waals surface area contributed by atoms with Crippen molar-refractivity contribution >= 4 is 0 Å². The molecule has 1 saturated heterocycles. The van der Waals surface area contributed by atoms with Crippen molar-refractivity contribution < 1.29 is 4.74 Å². The van der Waals surface area contributed by atoms with Crippen molar-refractivity contribution in [1.82, 2.24) is 5.32 Å². The quantitative estimate of drug-likeness (QED) is 0.550. The Morgan fingerprint density at radius 1 is 1.00 bits per heavy atom. The Hall–Kier alpha value is -0.0800. The molecule has 1 aliphatic heterocycles. The molecule has 0 bridgehead atoms. The third-order valence-electron chi connectivity index (χ3n) is 4.24. The van der Waals surface area contributed by atoms with Crippen molar-refractivity contribution in [3.8, 4) is 0 Å². The van der Waals surface area contributed by atoms with E-state index in [-0.39, 0.29) is 0 Å². The number of ether oxygens (including phenoxy) is 1. The van der Waals surface area contributed by atoms with E-state index in [0.717, 1.165) is 6.54 Å². The minimum Gasteiger partial charge on any atom is -0.374 e. The van der Waals surface area contributed by atoms with Crippen LogP contribution in [-0.4, -0.2) is 24.8 Å². The SMILES string of the molecule is CCCCCCCCC(NCCC)C1CCC(C)O1. The largest absolute Gasteiger partial charge is 0.374 e. The molecule has 0 aromatic heterocycles. The van der Waals surface area contributed by atoms with Crippen molar-refractivity contribution in [1.29, 1.82) is 0 Å². The molecule has 0 radical (unpaired) electrons. The van der Waals surface area contributed by atoms with Gasteiger partial charge in [-0.3, -0.25) is 0 Å². The highest BCUT2D eigenvalue weighted by Crippen LogP contribution is 2.24. The first-order valence-electron chi connectivity index (χ1n) is 8.66. The van der Waals surface area contributed by atoms with E-state index in [0.29, 0.717) is 18.2 Å². The van der Waals surface area contributed by atoms with Crippen LogP contribution in [0.4, 0.5) is 0 Å². The molecule has 3 atom stereocenters. The molecule has 114 valence electrons. The molecule has 0 saturated carbocycles. The zero-order chi connectivity index (χ0) is 13.9. The second kappa shape index (κ2) is 10.7. The van der Waals surface area contributed by atoms with Crippen molar-refractivity contribution in [3.05, 3.63) is 0 Å². The molecule has 2 heteroatoms. The third kappa shape index (κ3) is 7.31. The molecule has 19 heavy (non-hydrogen) atoms. The number of unbranched alkanes of at least 4 members (excludes halogenated alkanes) is 5. The summed E-state index contributed by atoms with van der Waals surface area (Å²) in [5.41, 5.74) is 0. The number of rotatable bonds is 11. The predicted molar refractivity (Wildman–Crippen MR) is 83.6 cm³/mol. The molecule has 1 fully saturated rings. The van der Waals surface area contributed by atoms with Crippen molar-refractivity contribution in [2.45, 2.75) is 103 Å². The average Bonchev–Trinajstić information content (AvgIpc) is 2.83. The van der Waals surface area contributed by atoms with E-state index < -0.39 is 0 Å². The van der Waals surface area contributed by atoms with Crippen LogP contribution in [0, 0.1) is 0 Å². The summed E-state index contributed by atoms with van der Waals surface area (Å²) < 4.78 is 6.05. The molecule has 1 heterocycles. The summed E-state index contributed by atoms with van der Waals surface area (Å²) in [6.45, 7) is 7.87. The minimum atomic E-state index is 0.470. The summed E-state index contributed by atoms with van der Waals surface area (Å²) in [5, 5.41) is 3.71. The second-order valence-corrected chi connectivity index (χ2v) is 6.18. The highest BCUT2D eigenvalue weighted by molar-refractivity contribution is 4.82. The van der Waals surface area contributed by atoms with Gasteiger partial charge in [-0.25, -0.2) is 0 Å². The summed E-state index contributed by atoms with van der Waals surface area (Å²) in [6.07, 6.45) is 14.3. The van der Waals surface area contributed by atoms with E-state index in [9.17, 15) is 0 Å². The standard InChI is InChI=1S/C17H35NO/c1-4-6-7-8-9-10-11-16(18-14-5-2)17-13-12-15(3)19-17/h15-18H,4-14H2,1-3H3. The van der Waals surface area contributed by atoms with Crippen LogP contribution in [-0.2, 0) is 4.74 Å². The lowest BCUT2D eigenvalue weighted by Crippen LogP contribution is -2.40. The maximum absolute atomic E-state index is 6.05. The van der Waals surface area contributed by atoms with Gasteiger partial charge in [0, 0.05) is 6.04 Å². The van der Waals surface area contributed by atoms with Gasteiger partial charge in [-0.2, -0.15) is 0 Å². The minimum absolute atomic E-state index is 0.470. The molecular weight excluding hydrogens is 234 g/mol. The number of nitrogens with one attached hydrogen (secondary N) is 1.